The predicted molar refractivity (Wildman–Crippen MR) is 61.9 cm³/mol. The summed E-state index contributed by atoms with van der Waals surface area (Å²) in [5, 5.41) is 15.7. The maximum absolute atomic E-state index is 11.1. The molecular weight excluding hydrogens is 260 g/mol. The Morgan fingerprint density at radius 2 is 2.00 bits per heavy atom. The molecule has 0 aliphatic carbocycles. The van der Waals surface area contributed by atoms with E-state index in [0.717, 1.165) is 0 Å². The highest BCUT2D eigenvalue weighted by Crippen LogP contribution is 2.09. The third kappa shape index (κ3) is 4.52. The van der Waals surface area contributed by atoms with Crippen LogP contribution in [0.3, 0.4) is 0 Å². The van der Waals surface area contributed by atoms with Gasteiger partial charge in [0.25, 0.3) is 0 Å². The van der Waals surface area contributed by atoms with Crippen molar-refractivity contribution in [2.45, 2.75) is 17.9 Å². The highest BCUT2D eigenvalue weighted by atomic mass is 32.2. The van der Waals surface area contributed by atoms with Gasteiger partial charge in [-0.1, -0.05) is 12.1 Å². The molecule has 4 N–H and O–H groups in total. The molecule has 7 nitrogen and oxygen atoms in total. The number of carboxylic acids is 1. The number of aliphatic carboxylic acids is 1. The first-order chi connectivity index (χ1) is 8.29. The van der Waals surface area contributed by atoms with Gasteiger partial charge >= 0.3 is 5.97 Å². The molecule has 0 aliphatic heterocycles. The summed E-state index contributed by atoms with van der Waals surface area (Å²) in [6.45, 7) is 0.0372. The molecule has 0 spiro atoms. The van der Waals surface area contributed by atoms with Gasteiger partial charge in [0, 0.05) is 6.54 Å². The molecule has 0 fully saturated rings. The number of hydrogen-bond acceptors (Lipinski definition) is 4. The lowest BCUT2D eigenvalue weighted by molar-refractivity contribution is -0.140. The second-order valence-electron chi connectivity index (χ2n) is 3.54. The molecule has 0 radical (unpaired) electrons. The van der Waals surface area contributed by atoms with Gasteiger partial charge in [-0.05, 0) is 17.7 Å². The van der Waals surface area contributed by atoms with E-state index in [1.54, 1.807) is 6.07 Å². The van der Waals surface area contributed by atoms with E-state index in [1.807, 2.05) is 0 Å². The lowest BCUT2D eigenvalue weighted by Gasteiger charge is -2.05. The molecule has 0 atom stereocenters. The first-order valence-electron chi connectivity index (χ1n) is 4.89. The van der Waals surface area contributed by atoms with Crippen molar-refractivity contribution in [3.8, 4) is 0 Å². The number of rotatable bonds is 5. The summed E-state index contributed by atoms with van der Waals surface area (Å²) in [4.78, 5) is 21.3. The van der Waals surface area contributed by atoms with Crippen molar-refractivity contribution < 1.29 is 23.1 Å². The zero-order valence-electron chi connectivity index (χ0n) is 9.29. The van der Waals surface area contributed by atoms with E-state index in [0.29, 0.717) is 5.56 Å². The number of hydrogen-bond donors (Lipinski definition) is 3. The van der Waals surface area contributed by atoms with Gasteiger partial charge in [-0.25, -0.2) is 13.6 Å². The van der Waals surface area contributed by atoms with Crippen molar-refractivity contribution in [2.75, 3.05) is 0 Å². The Morgan fingerprint density at radius 3 is 2.56 bits per heavy atom. The molecule has 0 unspecified atom stereocenters. The van der Waals surface area contributed by atoms with Crippen molar-refractivity contribution in [2.24, 2.45) is 5.14 Å². The zero-order valence-corrected chi connectivity index (χ0v) is 10.1. The number of nitrogens with one attached hydrogen (secondary N) is 1. The van der Waals surface area contributed by atoms with Gasteiger partial charge in [-0.3, -0.25) is 9.59 Å². The van der Waals surface area contributed by atoms with Gasteiger partial charge in [-0.15, -0.1) is 0 Å². The Kier molecular flexibility index (Phi) is 4.40. The number of carboxylic acid groups (broad SMARTS) is 1. The maximum Gasteiger partial charge on any atom is 0.312 e. The van der Waals surface area contributed by atoms with Crippen molar-refractivity contribution in [1.29, 1.82) is 0 Å². The van der Waals surface area contributed by atoms with E-state index in [-0.39, 0.29) is 11.4 Å². The summed E-state index contributed by atoms with van der Waals surface area (Å²) in [5.74, 6) is -1.88. The van der Waals surface area contributed by atoms with Crippen molar-refractivity contribution >= 4 is 21.9 Å². The van der Waals surface area contributed by atoms with Crippen LogP contribution in [0.2, 0.25) is 0 Å². The van der Waals surface area contributed by atoms with Crippen LogP contribution in [0.5, 0.6) is 0 Å². The molecule has 0 bridgehead atoms. The van der Waals surface area contributed by atoms with Crippen LogP contribution in [0, 0.1) is 0 Å². The van der Waals surface area contributed by atoms with Crippen molar-refractivity contribution in [1.82, 2.24) is 5.32 Å². The van der Waals surface area contributed by atoms with Crippen LogP contribution in [0.1, 0.15) is 12.0 Å². The molecular formula is C10H12N2O5S. The molecule has 98 valence electrons. The summed E-state index contributed by atoms with van der Waals surface area (Å²) in [6, 6.07) is 5.72. The third-order valence-corrected chi connectivity index (χ3v) is 2.94. The monoisotopic (exact) mass is 272 g/mol. The second-order valence-corrected chi connectivity index (χ2v) is 5.10. The average molecular weight is 272 g/mol. The number of amides is 1. The first-order valence-corrected chi connectivity index (χ1v) is 6.44. The van der Waals surface area contributed by atoms with Crippen LogP contribution in [0.15, 0.2) is 29.2 Å². The first kappa shape index (κ1) is 14.1. The standard InChI is InChI=1S/C10H12N2O5S/c11-18(16,17)8-3-1-2-7(4-8)6-12-9(13)5-10(14)15/h1-4H,5-6H2,(H,12,13)(H,14,15)(H2,11,16,17). The number of nitrogens with two attached hydrogens (primary N) is 1. The minimum absolute atomic E-state index is 0.0372. The van der Waals surface area contributed by atoms with E-state index in [1.165, 1.54) is 18.2 Å². The summed E-state index contributed by atoms with van der Waals surface area (Å²) < 4.78 is 22.2. The number of carbonyl (C=O) groups is 2. The fourth-order valence-corrected chi connectivity index (χ4v) is 1.82. The Hall–Kier alpha value is -1.93. The molecule has 1 amide bonds. The minimum Gasteiger partial charge on any atom is -0.481 e. The van der Waals surface area contributed by atoms with Crippen molar-refractivity contribution in [3.05, 3.63) is 29.8 Å². The summed E-state index contributed by atoms with van der Waals surface area (Å²) in [5.41, 5.74) is 0.514. The largest absolute Gasteiger partial charge is 0.481 e. The quantitative estimate of drug-likeness (QED) is 0.618. The molecule has 1 aromatic carbocycles. The fraction of sp³-hybridized carbons (Fsp3) is 0.200. The highest BCUT2D eigenvalue weighted by Gasteiger charge is 2.09. The third-order valence-electron chi connectivity index (χ3n) is 2.03. The van der Waals surface area contributed by atoms with Gasteiger partial charge in [0.1, 0.15) is 6.42 Å². The average Bonchev–Trinajstić information content (AvgIpc) is 2.25. The molecule has 1 aromatic rings. The zero-order chi connectivity index (χ0) is 13.8. The molecule has 0 saturated heterocycles. The number of carbonyl (C=O) groups excluding carboxylic acids is 1. The van der Waals surface area contributed by atoms with E-state index in [9.17, 15) is 18.0 Å². The lowest BCUT2D eigenvalue weighted by Crippen LogP contribution is -2.25. The molecule has 0 heterocycles. The van der Waals surface area contributed by atoms with E-state index >= 15 is 0 Å². The number of primary sulfonamides is 1. The molecule has 18 heavy (non-hydrogen) atoms. The van der Waals surface area contributed by atoms with E-state index in [4.69, 9.17) is 10.2 Å². The fourth-order valence-electron chi connectivity index (χ4n) is 1.23. The van der Waals surface area contributed by atoms with Crippen LogP contribution in [0.25, 0.3) is 0 Å². The Morgan fingerprint density at radius 1 is 1.33 bits per heavy atom. The molecule has 0 aromatic heterocycles. The van der Waals surface area contributed by atoms with Gasteiger partial charge < -0.3 is 10.4 Å². The maximum atomic E-state index is 11.1. The summed E-state index contributed by atoms with van der Waals surface area (Å²) in [7, 11) is -3.79. The predicted octanol–water partition coefficient (Wildman–Crippen LogP) is -0.575. The van der Waals surface area contributed by atoms with Crippen LogP contribution >= 0.6 is 0 Å². The lowest BCUT2D eigenvalue weighted by atomic mass is 10.2. The van der Waals surface area contributed by atoms with Gasteiger partial charge in [0.15, 0.2) is 0 Å². The Balaban J connectivity index is 2.69. The SMILES string of the molecule is NS(=O)(=O)c1cccc(CNC(=O)CC(=O)O)c1. The van der Waals surface area contributed by atoms with Crippen molar-refractivity contribution in [3.63, 3.8) is 0 Å². The van der Waals surface area contributed by atoms with Crippen LogP contribution in [-0.2, 0) is 26.2 Å². The highest BCUT2D eigenvalue weighted by molar-refractivity contribution is 7.89. The molecule has 1 rings (SSSR count). The van der Waals surface area contributed by atoms with Gasteiger partial charge in [0.2, 0.25) is 15.9 Å². The second kappa shape index (κ2) is 5.61. The Bertz CT molecular complexity index is 567. The van der Waals surface area contributed by atoms with Gasteiger partial charge in [0.05, 0.1) is 4.90 Å². The summed E-state index contributed by atoms with van der Waals surface area (Å²) >= 11 is 0. The topological polar surface area (TPSA) is 127 Å². The van der Waals surface area contributed by atoms with Crippen LogP contribution in [-0.4, -0.2) is 25.4 Å². The molecule has 8 heteroatoms. The number of sulfonamides is 1. The van der Waals surface area contributed by atoms with E-state index < -0.39 is 28.3 Å². The Labute approximate surface area is 104 Å². The molecule has 0 saturated carbocycles. The van der Waals surface area contributed by atoms with Gasteiger partial charge in [-0.2, -0.15) is 0 Å². The van der Waals surface area contributed by atoms with E-state index in [2.05, 4.69) is 5.32 Å². The normalized spacial score (nSPS) is 10.9. The number of benzene rings is 1. The van der Waals surface area contributed by atoms with Crippen LogP contribution in [0.4, 0.5) is 0 Å². The summed E-state index contributed by atoms with van der Waals surface area (Å²) in [6.07, 6.45) is -0.630. The molecule has 0 aliphatic rings. The minimum atomic E-state index is -3.79. The smallest absolute Gasteiger partial charge is 0.312 e. The van der Waals surface area contributed by atoms with Crippen LogP contribution < -0.4 is 10.5 Å².